The number of hydrogen-bond donors (Lipinski definition) is 1. The molecule has 3 nitrogen and oxygen atoms in total. The summed E-state index contributed by atoms with van der Waals surface area (Å²) < 4.78 is 5.12. The van der Waals surface area contributed by atoms with Crippen LogP contribution < -0.4 is 5.32 Å². The molecular formula is C13H16ClNO2. The number of carbonyl (C=O) groups is 1. The monoisotopic (exact) mass is 253 g/mol. The first kappa shape index (κ1) is 13.6. The van der Waals surface area contributed by atoms with Gasteiger partial charge in [0.1, 0.15) is 5.60 Å². The molecule has 0 aromatic heterocycles. The molecule has 0 aliphatic rings. The molecule has 4 heteroatoms. The van der Waals surface area contributed by atoms with E-state index in [4.69, 9.17) is 16.3 Å². The number of halogens is 1. The molecule has 1 aromatic carbocycles. The van der Waals surface area contributed by atoms with E-state index in [0.29, 0.717) is 10.7 Å². The molecule has 0 radical (unpaired) electrons. The zero-order valence-electron chi connectivity index (χ0n) is 10.2. The second kappa shape index (κ2) is 5.23. The van der Waals surface area contributed by atoms with Crippen molar-refractivity contribution in [2.24, 2.45) is 0 Å². The third-order valence-electron chi connectivity index (χ3n) is 1.86. The van der Waals surface area contributed by atoms with Crippen LogP contribution in [0.5, 0.6) is 0 Å². The number of anilines is 1. The van der Waals surface area contributed by atoms with Gasteiger partial charge in [-0.2, -0.15) is 0 Å². The zero-order valence-corrected chi connectivity index (χ0v) is 11.0. The fraction of sp³-hybridized carbons (Fsp3) is 0.308. The van der Waals surface area contributed by atoms with Crippen LogP contribution in [-0.2, 0) is 4.74 Å². The highest BCUT2D eigenvalue weighted by Crippen LogP contribution is 2.24. The summed E-state index contributed by atoms with van der Waals surface area (Å²) in [4.78, 5) is 11.5. The largest absolute Gasteiger partial charge is 0.444 e. The first-order chi connectivity index (χ1) is 7.81. The lowest BCUT2D eigenvalue weighted by Crippen LogP contribution is -2.27. The summed E-state index contributed by atoms with van der Waals surface area (Å²) in [5.41, 5.74) is 0.883. The van der Waals surface area contributed by atoms with E-state index in [2.05, 4.69) is 11.9 Å². The van der Waals surface area contributed by atoms with Gasteiger partial charge in [0.25, 0.3) is 0 Å². The van der Waals surface area contributed by atoms with Crippen LogP contribution in [0.25, 0.3) is 6.08 Å². The van der Waals surface area contributed by atoms with Gasteiger partial charge < -0.3 is 4.74 Å². The van der Waals surface area contributed by atoms with Gasteiger partial charge in [-0.05, 0) is 38.5 Å². The number of carbonyl (C=O) groups excluding carboxylic acids is 1. The summed E-state index contributed by atoms with van der Waals surface area (Å²) in [6, 6.07) is 5.25. The number of ether oxygens (including phenoxy) is 1. The Kier molecular flexibility index (Phi) is 4.18. The summed E-state index contributed by atoms with van der Waals surface area (Å²) >= 11 is 6.01. The molecule has 0 fully saturated rings. The van der Waals surface area contributed by atoms with Crippen LogP contribution in [0.2, 0.25) is 5.02 Å². The van der Waals surface area contributed by atoms with Crippen LogP contribution in [-0.4, -0.2) is 11.7 Å². The molecule has 92 valence electrons. The fourth-order valence-corrected chi connectivity index (χ4v) is 1.41. The normalized spacial score (nSPS) is 10.8. The van der Waals surface area contributed by atoms with Gasteiger partial charge in [-0.1, -0.05) is 30.3 Å². The Morgan fingerprint density at radius 2 is 2.12 bits per heavy atom. The van der Waals surface area contributed by atoms with Gasteiger partial charge in [-0.3, -0.25) is 5.32 Å². The Morgan fingerprint density at radius 1 is 1.47 bits per heavy atom. The average Bonchev–Trinajstić information content (AvgIpc) is 2.18. The molecule has 17 heavy (non-hydrogen) atoms. The Hall–Kier alpha value is -1.48. The Bertz CT molecular complexity index is 436. The van der Waals surface area contributed by atoms with Crippen molar-refractivity contribution in [2.45, 2.75) is 26.4 Å². The Labute approximate surface area is 106 Å². The lowest BCUT2D eigenvalue weighted by Gasteiger charge is -2.20. The molecule has 0 bridgehead atoms. The van der Waals surface area contributed by atoms with Gasteiger partial charge in [-0.25, -0.2) is 4.79 Å². The topological polar surface area (TPSA) is 38.3 Å². The molecule has 0 unspecified atom stereocenters. The second-order valence-electron chi connectivity index (χ2n) is 4.57. The number of nitrogens with one attached hydrogen (secondary N) is 1. The minimum Gasteiger partial charge on any atom is -0.444 e. The SMILES string of the molecule is C=Cc1ccc(NC(=O)OC(C)(C)C)c(Cl)c1. The maximum Gasteiger partial charge on any atom is 0.412 e. The van der Waals surface area contributed by atoms with Crippen molar-refractivity contribution in [3.05, 3.63) is 35.4 Å². The smallest absolute Gasteiger partial charge is 0.412 e. The van der Waals surface area contributed by atoms with E-state index in [-0.39, 0.29) is 0 Å². The van der Waals surface area contributed by atoms with Crippen molar-refractivity contribution in [2.75, 3.05) is 5.32 Å². The molecule has 0 heterocycles. The number of amides is 1. The molecule has 1 rings (SSSR count). The maximum atomic E-state index is 11.5. The van der Waals surface area contributed by atoms with Crippen LogP contribution in [0.1, 0.15) is 26.3 Å². The van der Waals surface area contributed by atoms with Gasteiger partial charge in [0.05, 0.1) is 10.7 Å². The zero-order chi connectivity index (χ0) is 13.1. The summed E-state index contributed by atoms with van der Waals surface area (Å²) in [5, 5.41) is 3.04. The van der Waals surface area contributed by atoms with Crippen LogP contribution in [0.15, 0.2) is 24.8 Å². The van der Waals surface area contributed by atoms with Crippen molar-refractivity contribution >= 4 is 29.5 Å². The predicted molar refractivity (Wildman–Crippen MR) is 71.4 cm³/mol. The molecule has 0 saturated heterocycles. The minimum absolute atomic E-state index is 0.452. The van der Waals surface area contributed by atoms with E-state index in [0.717, 1.165) is 5.56 Å². The number of rotatable bonds is 2. The Balaban J connectivity index is 2.75. The van der Waals surface area contributed by atoms with E-state index in [1.165, 1.54) is 0 Å². The van der Waals surface area contributed by atoms with Crippen LogP contribution in [0, 0.1) is 0 Å². The van der Waals surface area contributed by atoms with Crippen molar-refractivity contribution in [1.29, 1.82) is 0 Å². The predicted octanol–water partition coefficient (Wildman–Crippen LogP) is 4.33. The molecule has 1 aromatic rings. The van der Waals surface area contributed by atoms with E-state index < -0.39 is 11.7 Å². The highest BCUT2D eigenvalue weighted by molar-refractivity contribution is 6.33. The lowest BCUT2D eigenvalue weighted by atomic mass is 10.2. The van der Waals surface area contributed by atoms with E-state index in [1.54, 1.807) is 39.0 Å². The highest BCUT2D eigenvalue weighted by Gasteiger charge is 2.16. The van der Waals surface area contributed by atoms with Crippen molar-refractivity contribution in [1.82, 2.24) is 0 Å². The standard InChI is InChI=1S/C13H16ClNO2/c1-5-9-6-7-11(10(14)8-9)15-12(16)17-13(2,3)4/h5-8H,1H2,2-4H3,(H,15,16). The molecule has 0 spiro atoms. The first-order valence-electron chi connectivity index (χ1n) is 5.24. The Morgan fingerprint density at radius 3 is 2.59 bits per heavy atom. The lowest BCUT2D eigenvalue weighted by molar-refractivity contribution is 0.0636. The summed E-state index contributed by atoms with van der Waals surface area (Å²) in [5.74, 6) is 0. The minimum atomic E-state index is -0.530. The molecule has 1 N–H and O–H groups in total. The van der Waals surface area contributed by atoms with Gasteiger partial charge >= 0.3 is 6.09 Å². The summed E-state index contributed by atoms with van der Waals surface area (Å²) in [6.07, 6.45) is 1.16. The molecular weight excluding hydrogens is 238 g/mol. The van der Waals surface area contributed by atoms with E-state index in [1.807, 2.05) is 6.07 Å². The maximum absolute atomic E-state index is 11.5. The van der Waals surface area contributed by atoms with E-state index >= 15 is 0 Å². The van der Waals surface area contributed by atoms with Crippen molar-refractivity contribution in [3.8, 4) is 0 Å². The quantitative estimate of drug-likeness (QED) is 0.852. The highest BCUT2D eigenvalue weighted by atomic mass is 35.5. The second-order valence-corrected chi connectivity index (χ2v) is 4.98. The van der Waals surface area contributed by atoms with Gasteiger partial charge in [0, 0.05) is 0 Å². The first-order valence-corrected chi connectivity index (χ1v) is 5.61. The van der Waals surface area contributed by atoms with Crippen molar-refractivity contribution < 1.29 is 9.53 Å². The van der Waals surface area contributed by atoms with Crippen molar-refractivity contribution in [3.63, 3.8) is 0 Å². The molecule has 0 atom stereocenters. The summed E-state index contributed by atoms with van der Waals surface area (Å²) in [6.45, 7) is 9.04. The third kappa shape index (κ3) is 4.49. The van der Waals surface area contributed by atoms with Gasteiger partial charge in [0.15, 0.2) is 0 Å². The molecule has 0 saturated carbocycles. The van der Waals surface area contributed by atoms with Crippen LogP contribution in [0.4, 0.5) is 10.5 Å². The van der Waals surface area contributed by atoms with Gasteiger partial charge in [-0.15, -0.1) is 0 Å². The fourth-order valence-electron chi connectivity index (χ4n) is 1.17. The number of hydrogen-bond acceptors (Lipinski definition) is 2. The average molecular weight is 254 g/mol. The molecule has 1 amide bonds. The molecule has 0 aliphatic carbocycles. The van der Waals surface area contributed by atoms with E-state index in [9.17, 15) is 4.79 Å². The van der Waals surface area contributed by atoms with Gasteiger partial charge in [0.2, 0.25) is 0 Å². The third-order valence-corrected chi connectivity index (χ3v) is 2.18. The molecule has 0 aliphatic heterocycles. The number of benzene rings is 1. The van der Waals surface area contributed by atoms with Crippen LogP contribution in [0.3, 0.4) is 0 Å². The van der Waals surface area contributed by atoms with Crippen LogP contribution >= 0.6 is 11.6 Å². The summed E-state index contributed by atoms with van der Waals surface area (Å²) in [7, 11) is 0.